The zero-order chi connectivity index (χ0) is 47.3. The number of allylic oxidation sites excluding steroid dienone is 6. The Morgan fingerprint density at radius 3 is 1.78 bits per heavy atom. The number of benzene rings is 8. The van der Waals surface area contributed by atoms with Crippen LogP contribution in [-0.4, -0.2) is 30.1 Å². The van der Waals surface area contributed by atoms with Gasteiger partial charge < -0.3 is 39.4 Å². The maximum atomic E-state index is 11.0. The Morgan fingerprint density at radius 1 is 0.565 bits per heavy atom. The second kappa shape index (κ2) is 17.3. The Labute approximate surface area is 398 Å². The summed E-state index contributed by atoms with van der Waals surface area (Å²) < 4.78 is 8.03. The molecule has 0 bridgehead atoms. The maximum absolute atomic E-state index is 11.0. The van der Waals surface area contributed by atoms with E-state index in [9.17, 15) is 25.5 Å². The molecule has 0 aliphatic heterocycles. The molecular formula is C61H46N2O6. The van der Waals surface area contributed by atoms with E-state index in [0.717, 1.165) is 96.5 Å². The average Bonchev–Trinajstić information content (AvgIpc) is 3.94. The Balaban J connectivity index is 0.977. The number of fused-ring (bicyclic) bond motifs is 6. The summed E-state index contributed by atoms with van der Waals surface area (Å²) in [7, 11) is 0. The molecule has 8 heteroatoms. The van der Waals surface area contributed by atoms with E-state index in [4.69, 9.17) is 4.42 Å². The molecule has 10 aromatic rings. The summed E-state index contributed by atoms with van der Waals surface area (Å²) in [6.45, 7) is 5.93. The zero-order valence-corrected chi connectivity index (χ0v) is 37.6. The molecule has 0 saturated heterocycles. The Hall–Kier alpha value is -9.14. The van der Waals surface area contributed by atoms with E-state index in [0.29, 0.717) is 11.0 Å². The number of aryl methyl sites for hydroxylation is 1. The van der Waals surface area contributed by atoms with Crippen molar-refractivity contribution in [3.63, 3.8) is 0 Å². The molecule has 0 atom stereocenters. The molecule has 69 heavy (non-hydrogen) atoms. The molecule has 0 amide bonds. The molecule has 2 heterocycles. The minimum atomic E-state index is -1.01. The largest absolute Gasteiger partial charge is 0.503 e. The number of furan rings is 1. The van der Waals surface area contributed by atoms with Crippen LogP contribution in [0.15, 0.2) is 205 Å². The molecule has 8 aromatic carbocycles. The van der Waals surface area contributed by atoms with Gasteiger partial charge in [0, 0.05) is 44.4 Å². The lowest BCUT2D eigenvalue weighted by atomic mass is 9.91. The Kier molecular flexibility index (Phi) is 10.6. The summed E-state index contributed by atoms with van der Waals surface area (Å²) in [5, 5.41) is 55.8. The molecule has 0 saturated carbocycles. The van der Waals surface area contributed by atoms with Crippen LogP contribution in [0.1, 0.15) is 35.8 Å². The van der Waals surface area contributed by atoms with Gasteiger partial charge in [-0.3, -0.25) is 0 Å². The number of aromatic nitrogens is 1. The summed E-state index contributed by atoms with van der Waals surface area (Å²) in [6, 6.07) is 55.9. The number of aromatic hydroxyl groups is 5. The fourth-order valence-corrected chi connectivity index (χ4v) is 9.82. The number of hydrogen-bond acceptors (Lipinski definition) is 7. The zero-order valence-electron chi connectivity index (χ0n) is 37.6. The predicted molar refractivity (Wildman–Crippen MR) is 279 cm³/mol. The van der Waals surface area contributed by atoms with E-state index in [1.165, 1.54) is 10.9 Å². The van der Waals surface area contributed by atoms with Crippen molar-refractivity contribution in [2.24, 2.45) is 0 Å². The summed E-state index contributed by atoms with van der Waals surface area (Å²) in [4.78, 5) is 2.25. The lowest BCUT2D eigenvalue weighted by Gasteiger charge is -2.26. The molecule has 0 spiro atoms. The van der Waals surface area contributed by atoms with E-state index in [1.54, 1.807) is 4.57 Å². The van der Waals surface area contributed by atoms with Crippen molar-refractivity contribution < 1.29 is 29.9 Å². The molecule has 0 fully saturated rings. The molecule has 8 nitrogen and oxygen atoms in total. The van der Waals surface area contributed by atoms with Crippen molar-refractivity contribution in [2.75, 3.05) is 4.90 Å². The third-order valence-corrected chi connectivity index (χ3v) is 13.1. The minimum Gasteiger partial charge on any atom is -0.503 e. The second-order valence-corrected chi connectivity index (χ2v) is 17.2. The Bertz CT molecular complexity index is 3710. The first kappa shape index (κ1) is 42.5. The van der Waals surface area contributed by atoms with Crippen LogP contribution in [0.3, 0.4) is 0 Å². The molecule has 336 valence electrons. The summed E-state index contributed by atoms with van der Waals surface area (Å²) in [6.07, 6.45) is 12.1. The van der Waals surface area contributed by atoms with E-state index in [2.05, 4.69) is 133 Å². The van der Waals surface area contributed by atoms with Gasteiger partial charge in [-0.05, 0) is 125 Å². The van der Waals surface area contributed by atoms with Gasteiger partial charge in [0.15, 0.2) is 11.5 Å². The molecule has 5 N–H and O–H groups in total. The van der Waals surface area contributed by atoms with Gasteiger partial charge in [-0.25, -0.2) is 0 Å². The lowest BCUT2D eigenvalue weighted by molar-refractivity contribution is 0.327. The smallest absolute Gasteiger partial charge is 0.208 e. The molecule has 1 aliphatic rings. The van der Waals surface area contributed by atoms with Crippen LogP contribution in [0.2, 0.25) is 0 Å². The second-order valence-electron chi connectivity index (χ2n) is 17.2. The van der Waals surface area contributed by atoms with Crippen LogP contribution >= 0.6 is 0 Å². The van der Waals surface area contributed by atoms with Gasteiger partial charge >= 0.3 is 0 Å². The number of phenolic OH excluding ortho intramolecular Hbond substituents is 5. The minimum absolute atomic E-state index is 0.255. The van der Waals surface area contributed by atoms with E-state index in [1.807, 2.05) is 79.7 Å². The van der Waals surface area contributed by atoms with Crippen LogP contribution in [-0.2, 0) is 6.42 Å². The molecule has 2 aromatic heterocycles. The summed E-state index contributed by atoms with van der Waals surface area (Å²) >= 11 is 0. The molecule has 0 radical (unpaired) electrons. The maximum Gasteiger partial charge on any atom is 0.208 e. The molecule has 11 rings (SSSR count). The van der Waals surface area contributed by atoms with E-state index < -0.39 is 28.7 Å². The van der Waals surface area contributed by atoms with E-state index in [-0.39, 0.29) is 5.69 Å². The summed E-state index contributed by atoms with van der Waals surface area (Å²) in [5.41, 5.74) is 14.5. The number of phenols is 5. The SMILES string of the molecule is C=C/C=C(\C=C/C)c1cccc(-c2ccc(N(c3ccc(C4=CCCc5c4oc4ccccc54)cc3)c3ccc(-c4ccc5c(c4)c4ccccc4n5-c4c(O)c(O)c(O)c(O)c4O)cc3)cc2)c1. The van der Waals surface area contributed by atoms with Crippen molar-refractivity contribution in [3.8, 4) is 56.7 Å². The average molecular weight is 903 g/mol. The van der Waals surface area contributed by atoms with Crippen LogP contribution in [0, 0.1) is 0 Å². The fraction of sp³-hybridized carbons (Fsp3) is 0.0492. The molecular weight excluding hydrogens is 857 g/mol. The van der Waals surface area contributed by atoms with Crippen molar-refractivity contribution >= 4 is 61.0 Å². The number of anilines is 3. The van der Waals surface area contributed by atoms with Crippen LogP contribution in [0.5, 0.6) is 28.7 Å². The number of hydrogen-bond donors (Lipinski definition) is 5. The molecule has 1 aliphatic carbocycles. The fourth-order valence-electron chi connectivity index (χ4n) is 9.82. The topological polar surface area (TPSA) is 122 Å². The monoisotopic (exact) mass is 902 g/mol. The van der Waals surface area contributed by atoms with E-state index >= 15 is 0 Å². The van der Waals surface area contributed by atoms with Gasteiger partial charge in [-0.15, -0.1) is 0 Å². The van der Waals surface area contributed by atoms with Gasteiger partial charge in [-0.2, -0.15) is 0 Å². The highest BCUT2D eigenvalue weighted by atomic mass is 16.4. The third kappa shape index (κ3) is 7.26. The predicted octanol–water partition coefficient (Wildman–Crippen LogP) is 15.4. The highest BCUT2D eigenvalue weighted by Crippen LogP contribution is 2.54. The number of para-hydroxylation sites is 2. The van der Waals surface area contributed by atoms with Crippen LogP contribution in [0.4, 0.5) is 17.1 Å². The van der Waals surface area contributed by atoms with Crippen LogP contribution in [0.25, 0.3) is 71.9 Å². The lowest BCUT2D eigenvalue weighted by Crippen LogP contribution is -2.10. The Morgan fingerprint density at radius 2 is 1.13 bits per heavy atom. The number of nitrogens with zero attached hydrogens (tertiary/aromatic N) is 2. The van der Waals surface area contributed by atoms with Gasteiger partial charge in [-0.1, -0.05) is 134 Å². The third-order valence-electron chi connectivity index (χ3n) is 13.1. The number of rotatable bonds is 10. The first-order chi connectivity index (χ1) is 33.7. The van der Waals surface area contributed by atoms with Gasteiger partial charge in [0.05, 0.1) is 11.0 Å². The van der Waals surface area contributed by atoms with Crippen molar-refractivity contribution in [1.82, 2.24) is 4.57 Å². The standard InChI is InChI=1S/C61H46N2O6/c1-3-11-37(12-4-2)41-13-9-14-42(35-41)38-21-28-44(29-22-38)62(46-32-25-40(26-33-46)47-17-10-18-50-49-16-6-8-20-54(49)69-61(47)50)45-30-23-39(24-31-45)43-27-34-53-51(36-43)48-15-5-7-19-52(48)63(53)55-56(64)58(66)60(68)59(67)57(55)65/h3-9,11-17,19-36,64-68H,1,10,18H2,2H3/b12-4-,37-11+. The highest BCUT2D eigenvalue weighted by Gasteiger charge is 2.28. The first-order valence-electron chi connectivity index (χ1n) is 22.8. The van der Waals surface area contributed by atoms with Crippen molar-refractivity contribution in [3.05, 3.63) is 223 Å². The van der Waals surface area contributed by atoms with Crippen LogP contribution < -0.4 is 4.90 Å². The van der Waals surface area contributed by atoms with Gasteiger partial charge in [0.2, 0.25) is 17.2 Å². The van der Waals surface area contributed by atoms with Crippen molar-refractivity contribution in [1.29, 1.82) is 0 Å². The normalized spacial score (nSPS) is 12.8. The van der Waals surface area contributed by atoms with Gasteiger partial charge in [0.1, 0.15) is 17.0 Å². The van der Waals surface area contributed by atoms with Crippen molar-refractivity contribution in [2.45, 2.75) is 19.8 Å². The van der Waals surface area contributed by atoms with Gasteiger partial charge in [0.25, 0.3) is 0 Å². The summed E-state index contributed by atoms with van der Waals surface area (Å²) in [5.74, 6) is -3.48. The highest BCUT2D eigenvalue weighted by molar-refractivity contribution is 6.11. The molecule has 0 unspecified atom stereocenters. The quantitative estimate of drug-likeness (QED) is 0.0526. The first-order valence-corrected chi connectivity index (χ1v) is 22.8.